The Labute approximate surface area is 109 Å². The summed E-state index contributed by atoms with van der Waals surface area (Å²) in [6, 6.07) is 6.76. The quantitative estimate of drug-likeness (QED) is 0.843. The van der Waals surface area contributed by atoms with Crippen molar-refractivity contribution >= 4 is 17.4 Å². The molecule has 0 amide bonds. The van der Waals surface area contributed by atoms with E-state index in [2.05, 4.69) is 44.2 Å². The van der Waals surface area contributed by atoms with Crippen LogP contribution in [-0.2, 0) is 6.61 Å². The van der Waals surface area contributed by atoms with Gasteiger partial charge in [0, 0.05) is 24.5 Å². The fourth-order valence-corrected chi connectivity index (χ4v) is 2.95. The minimum atomic E-state index is 0.118. The molecule has 0 radical (unpaired) electrons. The van der Waals surface area contributed by atoms with Crippen molar-refractivity contribution in [2.75, 3.05) is 24.0 Å². The molecule has 0 aromatic heterocycles. The summed E-state index contributed by atoms with van der Waals surface area (Å²) in [6.45, 7) is 4.46. The number of rotatable bonds is 6. The monoisotopic (exact) mass is 253 g/mol. The molecule has 0 fully saturated rings. The number of hydrogen-bond acceptors (Lipinski definition) is 3. The molecule has 1 aromatic rings. The van der Waals surface area contributed by atoms with Crippen molar-refractivity contribution in [1.82, 2.24) is 0 Å². The molecule has 1 atom stereocenters. The van der Waals surface area contributed by atoms with Gasteiger partial charge in [0.25, 0.3) is 0 Å². The van der Waals surface area contributed by atoms with Crippen LogP contribution in [0.15, 0.2) is 18.2 Å². The Kier molecular flexibility index (Phi) is 5.86. The third-order valence-corrected chi connectivity index (χ3v) is 3.92. The van der Waals surface area contributed by atoms with Crippen LogP contribution in [0.2, 0.25) is 0 Å². The second kappa shape index (κ2) is 6.92. The highest BCUT2D eigenvalue weighted by molar-refractivity contribution is 7.98. The van der Waals surface area contributed by atoms with E-state index in [1.54, 1.807) is 0 Å². The Morgan fingerprint density at radius 1 is 1.41 bits per heavy atom. The van der Waals surface area contributed by atoms with E-state index in [0.29, 0.717) is 6.04 Å². The van der Waals surface area contributed by atoms with E-state index in [0.717, 1.165) is 17.7 Å². The predicted molar refractivity (Wildman–Crippen MR) is 78.0 cm³/mol. The Morgan fingerprint density at radius 3 is 2.59 bits per heavy atom. The molecule has 0 aliphatic heterocycles. The number of benzene rings is 1. The molecular formula is C14H23NOS. The third-order valence-electron chi connectivity index (χ3n) is 3.20. The van der Waals surface area contributed by atoms with Crippen LogP contribution in [0.1, 0.15) is 24.5 Å². The zero-order valence-electron chi connectivity index (χ0n) is 11.2. The summed E-state index contributed by atoms with van der Waals surface area (Å²) in [5.74, 6) is 1.15. The lowest BCUT2D eigenvalue weighted by molar-refractivity contribution is 0.282. The summed E-state index contributed by atoms with van der Waals surface area (Å²) in [7, 11) is 2.16. The van der Waals surface area contributed by atoms with Crippen LogP contribution in [0.4, 0.5) is 5.69 Å². The molecule has 1 rings (SSSR count). The molecule has 96 valence electrons. The van der Waals surface area contributed by atoms with E-state index in [1.807, 2.05) is 17.8 Å². The van der Waals surface area contributed by atoms with Gasteiger partial charge in [-0.3, -0.25) is 0 Å². The van der Waals surface area contributed by atoms with Crippen LogP contribution in [0.25, 0.3) is 0 Å². The molecule has 1 aromatic carbocycles. The zero-order chi connectivity index (χ0) is 12.8. The second-order valence-corrected chi connectivity index (χ2v) is 5.32. The SMILES string of the molecule is CCC(CSC)N(C)c1ccc(CO)cc1C. The van der Waals surface area contributed by atoms with Crippen molar-refractivity contribution in [3.8, 4) is 0 Å². The maximum absolute atomic E-state index is 9.11. The highest BCUT2D eigenvalue weighted by Gasteiger charge is 2.14. The average Bonchev–Trinajstić information content (AvgIpc) is 2.35. The molecule has 0 bridgehead atoms. The van der Waals surface area contributed by atoms with Crippen LogP contribution in [-0.4, -0.2) is 30.2 Å². The van der Waals surface area contributed by atoms with Crippen molar-refractivity contribution in [2.45, 2.75) is 32.9 Å². The fourth-order valence-electron chi connectivity index (χ4n) is 2.10. The third kappa shape index (κ3) is 3.65. The van der Waals surface area contributed by atoms with Crippen LogP contribution in [0.3, 0.4) is 0 Å². The molecule has 0 aliphatic carbocycles. The minimum absolute atomic E-state index is 0.118. The van der Waals surface area contributed by atoms with E-state index in [4.69, 9.17) is 5.11 Å². The van der Waals surface area contributed by atoms with Gasteiger partial charge in [0.05, 0.1) is 6.61 Å². The smallest absolute Gasteiger partial charge is 0.0681 e. The van der Waals surface area contributed by atoms with E-state index in [1.165, 1.54) is 11.3 Å². The maximum atomic E-state index is 9.11. The molecule has 0 aliphatic rings. The molecule has 1 unspecified atom stereocenters. The first-order valence-corrected chi connectivity index (χ1v) is 7.45. The maximum Gasteiger partial charge on any atom is 0.0681 e. The number of hydrogen-bond donors (Lipinski definition) is 1. The van der Waals surface area contributed by atoms with Gasteiger partial charge in [-0.2, -0.15) is 11.8 Å². The van der Waals surface area contributed by atoms with Crippen LogP contribution >= 0.6 is 11.8 Å². The van der Waals surface area contributed by atoms with E-state index in [9.17, 15) is 0 Å². The van der Waals surface area contributed by atoms with Gasteiger partial charge in [-0.05, 0) is 36.8 Å². The van der Waals surface area contributed by atoms with Gasteiger partial charge in [0.1, 0.15) is 0 Å². The van der Waals surface area contributed by atoms with Crippen molar-refractivity contribution < 1.29 is 5.11 Å². The largest absolute Gasteiger partial charge is 0.392 e. The highest BCUT2D eigenvalue weighted by atomic mass is 32.2. The molecule has 0 saturated heterocycles. The standard InChI is InChI=1S/C14H23NOS/c1-5-13(10-17-4)15(3)14-7-6-12(9-16)8-11(14)2/h6-8,13,16H,5,9-10H2,1-4H3. The minimum Gasteiger partial charge on any atom is -0.392 e. The number of aryl methyl sites for hydroxylation is 1. The van der Waals surface area contributed by atoms with Crippen molar-refractivity contribution in [2.24, 2.45) is 0 Å². The van der Waals surface area contributed by atoms with Crippen molar-refractivity contribution in [1.29, 1.82) is 0 Å². The highest BCUT2D eigenvalue weighted by Crippen LogP contribution is 2.24. The van der Waals surface area contributed by atoms with E-state index in [-0.39, 0.29) is 6.61 Å². The summed E-state index contributed by atoms with van der Waals surface area (Å²) in [5, 5.41) is 9.11. The van der Waals surface area contributed by atoms with Crippen LogP contribution in [0.5, 0.6) is 0 Å². The Bertz CT molecular complexity index is 354. The number of aliphatic hydroxyl groups is 1. The lowest BCUT2D eigenvalue weighted by atomic mass is 10.1. The van der Waals surface area contributed by atoms with Gasteiger partial charge in [-0.15, -0.1) is 0 Å². The van der Waals surface area contributed by atoms with Crippen molar-refractivity contribution in [3.05, 3.63) is 29.3 Å². The summed E-state index contributed by atoms with van der Waals surface area (Å²) in [4.78, 5) is 2.35. The van der Waals surface area contributed by atoms with Crippen LogP contribution < -0.4 is 4.90 Å². The Morgan fingerprint density at radius 2 is 2.12 bits per heavy atom. The number of anilines is 1. The summed E-state index contributed by atoms with van der Waals surface area (Å²) >= 11 is 1.89. The van der Waals surface area contributed by atoms with Gasteiger partial charge in [0.15, 0.2) is 0 Å². The molecule has 0 heterocycles. The van der Waals surface area contributed by atoms with Gasteiger partial charge in [-0.25, -0.2) is 0 Å². The Hall–Kier alpha value is -0.670. The van der Waals surface area contributed by atoms with Gasteiger partial charge < -0.3 is 10.0 Å². The molecule has 0 spiro atoms. The first-order chi connectivity index (χ1) is 8.13. The van der Waals surface area contributed by atoms with E-state index >= 15 is 0 Å². The first kappa shape index (κ1) is 14.4. The first-order valence-electron chi connectivity index (χ1n) is 6.06. The van der Waals surface area contributed by atoms with Gasteiger partial charge >= 0.3 is 0 Å². The zero-order valence-corrected chi connectivity index (χ0v) is 12.0. The van der Waals surface area contributed by atoms with E-state index < -0.39 is 0 Å². The number of thioether (sulfide) groups is 1. The second-order valence-electron chi connectivity index (χ2n) is 4.41. The lowest BCUT2D eigenvalue weighted by Crippen LogP contribution is -2.33. The Balaban J connectivity index is 2.90. The number of aliphatic hydroxyl groups excluding tert-OH is 1. The molecule has 1 N–H and O–H groups in total. The summed E-state index contributed by atoms with van der Waals surface area (Å²) in [6.07, 6.45) is 3.30. The molecule has 2 nitrogen and oxygen atoms in total. The predicted octanol–water partition coefficient (Wildman–Crippen LogP) is 3.07. The summed E-state index contributed by atoms with van der Waals surface area (Å²) in [5.41, 5.74) is 3.49. The van der Waals surface area contributed by atoms with Crippen molar-refractivity contribution in [3.63, 3.8) is 0 Å². The van der Waals surface area contributed by atoms with Gasteiger partial charge in [-0.1, -0.05) is 19.1 Å². The number of nitrogens with zero attached hydrogens (tertiary/aromatic N) is 1. The van der Waals surface area contributed by atoms with Gasteiger partial charge in [0.2, 0.25) is 0 Å². The topological polar surface area (TPSA) is 23.5 Å². The normalized spacial score (nSPS) is 12.5. The summed E-state index contributed by atoms with van der Waals surface area (Å²) < 4.78 is 0. The molecular weight excluding hydrogens is 230 g/mol. The molecule has 3 heteroatoms. The van der Waals surface area contributed by atoms with Crippen LogP contribution in [0, 0.1) is 6.92 Å². The lowest BCUT2D eigenvalue weighted by Gasteiger charge is -2.30. The average molecular weight is 253 g/mol. The molecule has 17 heavy (non-hydrogen) atoms. The molecule has 0 saturated carbocycles. The fraction of sp³-hybridized carbons (Fsp3) is 0.571.